The number of aryl methyl sites for hydroxylation is 1. The van der Waals surface area contributed by atoms with E-state index < -0.39 is 41.7 Å². The van der Waals surface area contributed by atoms with Crippen LogP contribution in [0.25, 0.3) is 10.9 Å². The molecule has 2 aliphatic rings. The predicted molar refractivity (Wildman–Crippen MR) is 163 cm³/mol. The second-order valence-electron chi connectivity index (χ2n) is 11.5. The molecule has 0 radical (unpaired) electrons. The topological polar surface area (TPSA) is 192 Å². The highest BCUT2D eigenvalue weighted by atomic mass is 19.4. The van der Waals surface area contributed by atoms with Crippen molar-refractivity contribution in [3.63, 3.8) is 0 Å². The molecule has 0 spiro atoms. The van der Waals surface area contributed by atoms with Gasteiger partial charge in [-0.1, -0.05) is 43.2 Å². The van der Waals surface area contributed by atoms with Crippen LogP contribution in [-0.2, 0) is 31.3 Å². The molecule has 18 heteroatoms. The van der Waals surface area contributed by atoms with Crippen LogP contribution in [0.4, 0.5) is 26.3 Å². The van der Waals surface area contributed by atoms with Gasteiger partial charge in [-0.25, -0.2) is 15.1 Å². The number of nitrogens with two attached hydrogens (primary N) is 1. The molecule has 5 rings (SSSR count). The van der Waals surface area contributed by atoms with Crippen molar-refractivity contribution in [2.45, 2.75) is 69.6 Å². The summed E-state index contributed by atoms with van der Waals surface area (Å²) in [6.45, 7) is 2.86. The van der Waals surface area contributed by atoms with Crippen LogP contribution in [0.1, 0.15) is 48.9 Å². The molecule has 2 aromatic carbocycles. The Balaban J connectivity index is 0.000000408. The smallest absolute Gasteiger partial charge is 0.489 e. The Morgan fingerprint density at radius 3 is 2.10 bits per heavy atom. The van der Waals surface area contributed by atoms with E-state index in [0.717, 1.165) is 47.0 Å². The van der Waals surface area contributed by atoms with Gasteiger partial charge in [0.05, 0.1) is 11.4 Å². The van der Waals surface area contributed by atoms with E-state index in [-0.39, 0.29) is 11.9 Å². The molecule has 2 fully saturated rings. The molecule has 272 valence electrons. The van der Waals surface area contributed by atoms with Gasteiger partial charge in [-0.05, 0) is 56.0 Å². The maximum Gasteiger partial charge on any atom is 0.490 e. The lowest BCUT2D eigenvalue weighted by atomic mass is 9.82. The fraction of sp³-hybridized carbons (Fsp3) is 0.406. The highest BCUT2D eigenvalue weighted by Gasteiger charge is 2.49. The lowest BCUT2D eigenvalue weighted by Crippen LogP contribution is -2.52. The number of aromatic nitrogens is 1. The molecule has 1 saturated carbocycles. The number of halogens is 6. The van der Waals surface area contributed by atoms with E-state index in [1.807, 2.05) is 61.5 Å². The van der Waals surface area contributed by atoms with Gasteiger partial charge in [-0.2, -0.15) is 26.3 Å². The molecule has 1 aliphatic carbocycles. The Labute approximate surface area is 280 Å². The normalized spacial score (nSPS) is 20.6. The number of pyridine rings is 1. The minimum absolute atomic E-state index is 0.169. The van der Waals surface area contributed by atoms with Crippen molar-refractivity contribution in [1.82, 2.24) is 15.4 Å². The third-order valence-electron chi connectivity index (χ3n) is 8.15. The summed E-state index contributed by atoms with van der Waals surface area (Å²) in [6, 6.07) is 17.2. The number of amides is 2. The van der Waals surface area contributed by atoms with Crippen LogP contribution in [0.3, 0.4) is 0 Å². The lowest BCUT2D eigenvalue weighted by molar-refractivity contribution is -0.193. The molecule has 1 saturated heterocycles. The van der Waals surface area contributed by atoms with E-state index in [2.05, 4.69) is 4.98 Å². The number of aliphatic carboxylic acids is 2. The molecular formula is C32H34F6N4O8. The van der Waals surface area contributed by atoms with E-state index in [0.29, 0.717) is 31.7 Å². The number of rotatable bonds is 6. The van der Waals surface area contributed by atoms with Gasteiger partial charge in [0.25, 0.3) is 0 Å². The molecule has 12 nitrogen and oxygen atoms in total. The van der Waals surface area contributed by atoms with Gasteiger partial charge in [0.15, 0.2) is 0 Å². The van der Waals surface area contributed by atoms with Crippen molar-refractivity contribution >= 4 is 34.7 Å². The summed E-state index contributed by atoms with van der Waals surface area (Å²) in [6.07, 6.45) is -6.47. The number of hydrogen-bond donors (Lipinski definition) is 5. The fourth-order valence-corrected chi connectivity index (χ4v) is 5.74. The van der Waals surface area contributed by atoms with Crippen molar-refractivity contribution in [3.8, 4) is 5.75 Å². The number of para-hydroxylation sites is 1. The fourth-order valence-electron chi connectivity index (χ4n) is 5.74. The van der Waals surface area contributed by atoms with Crippen LogP contribution in [0.15, 0.2) is 54.6 Å². The third kappa shape index (κ3) is 9.81. The number of carboxylic acids is 2. The standard InChI is InChI=1S/C28H32N4O4.2C2HF3O2/c1-18-16-19(22-6-2-4-8-24(22)30-18)17-36-21-12-10-20(11-13-21)28(29)14-15-32(27(28)34)25-9-5-3-7-23(25)26(33)31-35;2*3-2(4,5)1(6)7/h2,4,6,8,10-13,16,23,25,35H,3,5,7,9,14-15,17,29H2,1H3,(H,31,33);2*(H,6,7)/t23-,25-,28?;;/m1../s1. The minimum Gasteiger partial charge on any atom is -0.489 e. The molecule has 3 atom stereocenters. The number of alkyl halides is 6. The summed E-state index contributed by atoms with van der Waals surface area (Å²) in [5.41, 5.74) is 11.0. The van der Waals surface area contributed by atoms with Gasteiger partial charge in [0, 0.05) is 29.2 Å². The number of ether oxygens (including phenoxy) is 1. The van der Waals surface area contributed by atoms with Crippen molar-refractivity contribution in [3.05, 3.63) is 71.4 Å². The summed E-state index contributed by atoms with van der Waals surface area (Å²) < 4.78 is 69.5. The minimum atomic E-state index is -5.08. The van der Waals surface area contributed by atoms with E-state index in [4.69, 9.17) is 35.5 Å². The number of hydroxylamine groups is 1. The number of fused-ring (bicyclic) bond motifs is 1. The SMILES string of the molecule is Cc1cc(COc2ccc(C3(N)CCN([C@@H]4CCCC[C@H]4C(=O)NO)C3=O)cc2)c2ccccc2n1.O=C(O)C(F)(F)F.O=C(O)C(F)(F)F. The van der Waals surface area contributed by atoms with Crippen molar-refractivity contribution in [2.24, 2.45) is 11.7 Å². The monoisotopic (exact) mass is 716 g/mol. The Bertz CT molecular complexity index is 1660. The van der Waals surface area contributed by atoms with E-state index >= 15 is 0 Å². The Kier molecular flexibility index (Phi) is 12.8. The second kappa shape index (κ2) is 16.2. The molecule has 2 amide bonds. The van der Waals surface area contributed by atoms with Gasteiger partial charge < -0.3 is 25.6 Å². The van der Waals surface area contributed by atoms with E-state index in [9.17, 15) is 35.9 Å². The van der Waals surface area contributed by atoms with Crippen LogP contribution in [0.5, 0.6) is 5.75 Å². The van der Waals surface area contributed by atoms with Crippen LogP contribution in [0.2, 0.25) is 0 Å². The first kappa shape index (κ1) is 39.5. The molecule has 0 bridgehead atoms. The molecular weight excluding hydrogens is 682 g/mol. The molecule has 3 aromatic rings. The number of carboxylic acid groups (broad SMARTS) is 2. The average molecular weight is 717 g/mol. The first-order chi connectivity index (χ1) is 23.3. The number of benzene rings is 2. The van der Waals surface area contributed by atoms with Crippen LogP contribution in [-0.4, -0.2) is 74.0 Å². The molecule has 1 aliphatic heterocycles. The Morgan fingerprint density at radius 2 is 1.54 bits per heavy atom. The van der Waals surface area contributed by atoms with E-state index in [1.165, 1.54) is 0 Å². The van der Waals surface area contributed by atoms with Crippen LogP contribution in [0, 0.1) is 12.8 Å². The van der Waals surface area contributed by atoms with Gasteiger partial charge in [0.2, 0.25) is 11.8 Å². The Morgan fingerprint density at radius 1 is 0.980 bits per heavy atom. The van der Waals surface area contributed by atoms with E-state index in [1.54, 1.807) is 10.4 Å². The Hall–Kier alpha value is -4.97. The molecule has 1 unspecified atom stereocenters. The number of hydrogen-bond acceptors (Lipinski definition) is 8. The number of nitrogens with zero attached hydrogens (tertiary/aromatic N) is 2. The molecule has 6 N–H and O–H groups in total. The number of carbonyl (C=O) groups excluding carboxylic acids is 2. The second-order valence-corrected chi connectivity index (χ2v) is 11.5. The zero-order valence-electron chi connectivity index (χ0n) is 26.4. The molecule has 50 heavy (non-hydrogen) atoms. The van der Waals surface area contributed by atoms with Crippen molar-refractivity contribution in [2.75, 3.05) is 6.54 Å². The maximum absolute atomic E-state index is 13.5. The first-order valence-electron chi connectivity index (χ1n) is 15.0. The van der Waals surface area contributed by atoms with Crippen molar-refractivity contribution < 1.29 is 65.7 Å². The summed E-state index contributed by atoms with van der Waals surface area (Å²) in [5.74, 6) is -5.84. The summed E-state index contributed by atoms with van der Waals surface area (Å²) in [5, 5.41) is 24.5. The van der Waals surface area contributed by atoms with Gasteiger partial charge >= 0.3 is 24.3 Å². The number of likely N-dealkylation sites (tertiary alicyclic amines) is 1. The van der Waals surface area contributed by atoms with Gasteiger partial charge in [-0.15, -0.1) is 0 Å². The molecule has 2 heterocycles. The summed E-state index contributed by atoms with van der Waals surface area (Å²) in [7, 11) is 0. The zero-order chi connectivity index (χ0) is 37.4. The highest BCUT2D eigenvalue weighted by Crippen LogP contribution is 2.38. The number of carbonyl (C=O) groups is 4. The van der Waals surface area contributed by atoms with Crippen LogP contribution >= 0.6 is 0 Å². The third-order valence-corrected chi connectivity index (χ3v) is 8.15. The quantitative estimate of drug-likeness (QED) is 0.134. The largest absolute Gasteiger partial charge is 0.490 e. The zero-order valence-corrected chi connectivity index (χ0v) is 26.4. The van der Waals surface area contributed by atoms with Gasteiger partial charge in [-0.3, -0.25) is 19.8 Å². The lowest BCUT2D eigenvalue weighted by Gasteiger charge is -2.37. The van der Waals surface area contributed by atoms with Gasteiger partial charge in [0.1, 0.15) is 17.9 Å². The summed E-state index contributed by atoms with van der Waals surface area (Å²) in [4.78, 5) is 49.8. The first-order valence-corrected chi connectivity index (χ1v) is 15.0. The highest BCUT2D eigenvalue weighted by molar-refractivity contribution is 5.91. The van der Waals surface area contributed by atoms with Crippen molar-refractivity contribution in [1.29, 1.82) is 0 Å². The predicted octanol–water partition coefficient (Wildman–Crippen LogP) is 4.84. The maximum atomic E-state index is 13.5. The summed E-state index contributed by atoms with van der Waals surface area (Å²) >= 11 is 0. The molecule has 1 aromatic heterocycles. The average Bonchev–Trinajstić information content (AvgIpc) is 3.37. The van der Waals surface area contributed by atoms with Crippen LogP contribution < -0.4 is 16.0 Å². The number of nitrogens with one attached hydrogen (secondary N) is 1.